The van der Waals surface area contributed by atoms with E-state index in [1.807, 2.05) is 0 Å². The lowest BCUT2D eigenvalue weighted by atomic mass is 10.1. The average Bonchev–Trinajstić information content (AvgIpc) is 3.11. The van der Waals surface area contributed by atoms with E-state index in [-0.39, 0.29) is 17.6 Å². The van der Waals surface area contributed by atoms with Gasteiger partial charge in [-0.3, -0.25) is 0 Å². The quantitative estimate of drug-likeness (QED) is 0.313. The predicted molar refractivity (Wildman–Crippen MR) is 90.2 cm³/mol. The van der Waals surface area contributed by atoms with Crippen molar-refractivity contribution in [3.8, 4) is 11.5 Å². The van der Waals surface area contributed by atoms with Crippen molar-refractivity contribution in [1.29, 1.82) is 0 Å². The van der Waals surface area contributed by atoms with Gasteiger partial charge in [-0.05, 0) is 26.0 Å². The molecule has 0 N–H and O–H groups in total. The highest BCUT2D eigenvalue weighted by Gasteiger charge is 2.43. The lowest BCUT2D eigenvalue weighted by Crippen LogP contribution is -2.20. The van der Waals surface area contributed by atoms with Gasteiger partial charge in [0.2, 0.25) is 17.4 Å². The van der Waals surface area contributed by atoms with Gasteiger partial charge in [-0.15, -0.1) is 5.10 Å². The van der Waals surface area contributed by atoms with Crippen molar-refractivity contribution < 1.29 is 45.0 Å². The molecule has 0 saturated carbocycles. The normalized spacial score (nSPS) is 12.8. The number of hydrogen-bond acceptors (Lipinski definition) is 5. The predicted octanol–water partition coefficient (Wildman–Crippen LogP) is 4.92. The number of esters is 1. The minimum Gasteiger partial charge on any atom is -0.464 e. The molecule has 3 aromatic rings. The number of fused-ring (bicyclic) bond motifs is 1. The maximum atomic E-state index is 14.1. The van der Waals surface area contributed by atoms with E-state index in [9.17, 15) is 35.5 Å². The first-order chi connectivity index (χ1) is 14.5. The Morgan fingerprint density at radius 1 is 1.10 bits per heavy atom. The second-order valence-electron chi connectivity index (χ2n) is 6.17. The number of halogens is 7. The minimum absolute atomic E-state index is 0.0910. The molecule has 0 saturated heterocycles. The van der Waals surface area contributed by atoms with Crippen LogP contribution < -0.4 is 4.74 Å². The molecular weight excluding hydrogens is 439 g/mol. The summed E-state index contributed by atoms with van der Waals surface area (Å²) >= 11 is 0. The molecule has 31 heavy (non-hydrogen) atoms. The fraction of sp³-hybridized carbons (Fsp3) is 0.278. The van der Waals surface area contributed by atoms with Crippen LogP contribution in [0.4, 0.5) is 30.7 Å². The van der Waals surface area contributed by atoms with Crippen molar-refractivity contribution >= 4 is 17.0 Å². The number of ether oxygens (including phenoxy) is 2. The van der Waals surface area contributed by atoms with E-state index in [2.05, 4.69) is 10.3 Å². The van der Waals surface area contributed by atoms with E-state index in [0.29, 0.717) is 0 Å². The Morgan fingerprint density at radius 2 is 1.71 bits per heavy atom. The maximum absolute atomic E-state index is 14.1. The van der Waals surface area contributed by atoms with Crippen LogP contribution in [-0.2, 0) is 15.7 Å². The molecule has 0 bridgehead atoms. The van der Waals surface area contributed by atoms with Crippen molar-refractivity contribution in [3.05, 3.63) is 47.0 Å². The Kier molecular flexibility index (Phi) is 5.79. The monoisotopic (exact) mass is 451 g/mol. The van der Waals surface area contributed by atoms with Crippen LogP contribution in [0.25, 0.3) is 11.0 Å². The number of hydrogen-bond donors (Lipinski definition) is 0. The molecule has 0 amide bonds. The molecular formula is C18H12F7N3O3. The molecule has 2 aromatic carbocycles. The lowest BCUT2D eigenvalue weighted by molar-refractivity contribution is -0.147. The average molecular weight is 451 g/mol. The Bertz CT molecular complexity index is 1130. The first-order valence-corrected chi connectivity index (χ1v) is 8.59. The van der Waals surface area contributed by atoms with Gasteiger partial charge in [-0.1, -0.05) is 5.21 Å². The number of rotatable bonds is 5. The molecule has 1 heterocycles. The third-order valence-corrected chi connectivity index (χ3v) is 4.16. The second kappa shape index (κ2) is 8.04. The first kappa shape index (κ1) is 22.3. The SMILES string of the molecule is CCOC(=O)C(C)n1nnc2ccc(Oc3c(F)c(F)c(C(F)(F)F)c(F)c3F)cc21. The molecule has 1 unspecified atom stereocenters. The summed E-state index contributed by atoms with van der Waals surface area (Å²) in [7, 11) is 0. The van der Waals surface area contributed by atoms with Crippen LogP contribution >= 0.6 is 0 Å². The van der Waals surface area contributed by atoms with Crippen LogP contribution in [0.3, 0.4) is 0 Å². The third-order valence-electron chi connectivity index (χ3n) is 4.16. The highest BCUT2D eigenvalue weighted by molar-refractivity contribution is 5.80. The number of carbonyl (C=O) groups is 1. The minimum atomic E-state index is -5.67. The third kappa shape index (κ3) is 3.99. The lowest BCUT2D eigenvalue weighted by Gasteiger charge is -2.15. The van der Waals surface area contributed by atoms with E-state index in [0.717, 1.165) is 16.8 Å². The van der Waals surface area contributed by atoms with Crippen LogP contribution in [0.5, 0.6) is 11.5 Å². The second-order valence-corrected chi connectivity index (χ2v) is 6.17. The van der Waals surface area contributed by atoms with E-state index >= 15 is 0 Å². The van der Waals surface area contributed by atoms with Crippen LogP contribution in [0.1, 0.15) is 25.5 Å². The Hall–Kier alpha value is -3.38. The molecule has 1 aromatic heterocycles. The summed E-state index contributed by atoms with van der Waals surface area (Å²) in [6, 6.07) is 2.45. The Morgan fingerprint density at radius 3 is 2.26 bits per heavy atom. The maximum Gasteiger partial charge on any atom is 0.422 e. The number of benzene rings is 2. The number of carbonyl (C=O) groups excluding carboxylic acids is 1. The van der Waals surface area contributed by atoms with E-state index < -0.39 is 58.5 Å². The number of nitrogens with zero attached hydrogens (tertiary/aromatic N) is 3. The summed E-state index contributed by atoms with van der Waals surface area (Å²) in [4.78, 5) is 11.9. The zero-order valence-electron chi connectivity index (χ0n) is 15.7. The Labute approximate surface area is 169 Å². The smallest absolute Gasteiger partial charge is 0.422 e. The van der Waals surface area contributed by atoms with E-state index in [4.69, 9.17) is 9.47 Å². The topological polar surface area (TPSA) is 66.2 Å². The van der Waals surface area contributed by atoms with E-state index in [1.54, 1.807) is 6.92 Å². The fourth-order valence-electron chi connectivity index (χ4n) is 2.70. The standard InChI is InChI=1S/C18H12F7N3O3/c1-3-30-17(29)7(2)28-10-6-8(4-5-9(10)26-27-28)31-16-14(21)12(19)11(18(23,24)25)13(20)15(16)22/h4-7H,3H2,1-2H3. The summed E-state index contributed by atoms with van der Waals surface area (Å²) < 4.78 is 105. The van der Waals surface area contributed by atoms with Gasteiger partial charge in [-0.2, -0.15) is 22.0 Å². The molecule has 6 nitrogen and oxygen atoms in total. The van der Waals surface area contributed by atoms with Crippen molar-refractivity contribution in [2.75, 3.05) is 6.61 Å². The van der Waals surface area contributed by atoms with Gasteiger partial charge in [0, 0.05) is 6.07 Å². The van der Waals surface area contributed by atoms with Crippen LogP contribution in [0.15, 0.2) is 18.2 Å². The summed E-state index contributed by atoms with van der Waals surface area (Å²) in [5.41, 5.74) is -2.38. The molecule has 0 spiro atoms. The molecule has 13 heteroatoms. The molecule has 166 valence electrons. The number of aromatic nitrogens is 3. The van der Waals surface area contributed by atoms with Crippen molar-refractivity contribution in [2.24, 2.45) is 0 Å². The van der Waals surface area contributed by atoms with Crippen LogP contribution in [-0.4, -0.2) is 27.6 Å². The number of alkyl halides is 3. The molecule has 0 aliphatic heterocycles. The largest absolute Gasteiger partial charge is 0.464 e. The summed E-state index contributed by atoms with van der Waals surface area (Å²) in [5, 5.41) is 7.55. The fourth-order valence-corrected chi connectivity index (χ4v) is 2.70. The Balaban J connectivity index is 2.05. The summed E-state index contributed by atoms with van der Waals surface area (Å²) in [5.74, 6) is -12.8. The van der Waals surface area contributed by atoms with Crippen molar-refractivity contribution in [3.63, 3.8) is 0 Å². The molecule has 0 aliphatic carbocycles. The summed E-state index contributed by atoms with van der Waals surface area (Å²) in [6.07, 6.45) is -5.67. The highest BCUT2D eigenvalue weighted by atomic mass is 19.4. The van der Waals surface area contributed by atoms with Crippen molar-refractivity contribution in [1.82, 2.24) is 15.0 Å². The van der Waals surface area contributed by atoms with Gasteiger partial charge < -0.3 is 9.47 Å². The van der Waals surface area contributed by atoms with Crippen LogP contribution in [0.2, 0.25) is 0 Å². The summed E-state index contributed by atoms with van der Waals surface area (Å²) in [6.45, 7) is 3.11. The van der Waals surface area contributed by atoms with Gasteiger partial charge >= 0.3 is 12.1 Å². The zero-order valence-corrected chi connectivity index (χ0v) is 15.7. The van der Waals surface area contributed by atoms with Gasteiger partial charge in [-0.25, -0.2) is 18.3 Å². The van der Waals surface area contributed by atoms with E-state index in [1.165, 1.54) is 13.0 Å². The van der Waals surface area contributed by atoms with Gasteiger partial charge in [0.15, 0.2) is 11.6 Å². The first-order valence-electron chi connectivity index (χ1n) is 8.59. The molecule has 0 fully saturated rings. The van der Waals surface area contributed by atoms with Gasteiger partial charge in [0.25, 0.3) is 0 Å². The van der Waals surface area contributed by atoms with Crippen LogP contribution in [0, 0.1) is 23.3 Å². The molecule has 0 radical (unpaired) electrons. The molecule has 1 atom stereocenters. The van der Waals surface area contributed by atoms with Gasteiger partial charge in [0.1, 0.15) is 22.9 Å². The van der Waals surface area contributed by atoms with Crippen molar-refractivity contribution in [2.45, 2.75) is 26.1 Å². The molecule has 0 aliphatic rings. The van der Waals surface area contributed by atoms with Gasteiger partial charge in [0.05, 0.1) is 12.1 Å². The zero-order chi connectivity index (χ0) is 23.1. The highest BCUT2D eigenvalue weighted by Crippen LogP contribution is 2.40. The molecule has 3 rings (SSSR count).